The van der Waals surface area contributed by atoms with Gasteiger partial charge in [0.2, 0.25) is 11.8 Å². The predicted molar refractivity (Wildman–Crippen MR) is 128 cm³/mol. The third kappa shape index (κ3) is 4.83. The van der Waals surface area contributed by atoms with Gasteiger partial charge >= 0.3 is 0 Å². The first-order valence-electron chi connectivity index (χ1n) is 10.5. The number of aryl methyl sites for hydroxylation is 3. The number of carbonyl (C=O) groups is 2. The van der Waals surface area contributed by atoms with Gasteiger partial charge in [-0.3, -0.25) is 14.5 Å². The Labute approximate surface area is 187 Å². The molecule has 1 heterocycles. The summed E-state index contributed by atoms with van der Waals surface area (Å²) < 4.78 is 0. The Balaban J connectivity index is 1.56. The number of thioether (sulfide) groups is 1. The Hall–Kier alpha value is -3.05. The smallest absolute Gasteiger partial charge is 0.238 e. The van der Waals surface area contributed by atoms with E-state index >= 15 is 0 Å². The standard InChI is InChI=1S/C26H26N2O2S/c1-18-12-13-19(2)23(16-18)28-25(30)17-31-26(28)21-10-6-7-11-22(21)27-24(29)15-14-20-8-4-3-5-9-20/h3-13,16,26H,14-15,17H2,1-2H3,(H,27,29). The molecule has 4 nitrogen and oxygen atoms in total. The van der Waals surface area contributed by atoms with Crippen LogP contribution in [0.2, 0.25) is 0 Å². The van der Waals surface area contributed by atoms with Crippen LogP contribution in [0.3, 0.4) is 0 Å². The van der Waals surface area contributed by atoms with E-state index in [2.05, 4.69) is 23.5 Å². The molecule has 1 N–H and O–H groups in total. The number of nitrogens with one attached hydrogen (secondary N) is 1. The lowest BCUT2D eigenvalue weighted by molar-refractivity contribution is -0.116. The highest BCUT2D eigenvalue weighted by Crippen LogP contribution is 2.45. The molecule has 0 spiro atoms. The van der Waals surface area contributed by atoms with Crippen LogP contribution in [0, 0.1) is 13.8 Å². The minimum absolute atomic E-state index is 0.0242. The average Bonchev–Trinajstić information content (AvgIpc) is 3.16. The quantitative estimate of drug-likeness (QED) is 0.549. The molecule has 31 heavy (non-hydrogen) atoms. The summed E-state index contributed by atoms with van der Waals surface area (Å²) in [5.41, 5.74) is 5.98. The van der Waals surface area contributed by atoms with Gasteiger partial charge in [-0.05, 0) is 49.1 Å². The zero-order valence-corrected chi connectivity index (χ0v) is 18.6. The molecule has 1 aliphatic heterocycles. The number of anilines is 2. The van der Waals surface area contributed by atoms with Gasteiger partial charge in [-0.1, -0.05) is 60.7 Å². The Bertz CT molecular complexity index is 1100. The minimum atomic E-state index is -0.168. The van der Waals surface area contributed by atoms with Crippen molar-refractivity contribution in [3.05, 3.63) is 95.1 Å². The number of benzene rings is 3. The van der Waals surface area contributed by atoms with Gasteiger partial charge in [-0.15, -0.1) is 11.8 Å². The SMILES string of the molecule is Cc1ccc(C)c(N2C(=O)CSC2c2ccccc2NC(=O)CCc2ccccc2)c1. The van der Waals surface area contributed by atoms with Crippen molar-refractivity contribution in [1.29, 1.82) is 0 Å². The summed E-state index contributed by atoms with van der Waals surface area (Å²) in [6, 6.07) is 24.0. The fraction of sp³-hybridized carbons (Fsp3) is 0.231. The highest BCUT2D eigenvalue weighted by Gasteiger charge is 2.36. The fourth-order valence-corrected chi connectivity index (χ4v) is 5.04. The summed E-state index contributed by atoms with van der Waals surface area (Å²) in [7, 11) is 0. The number of carbonyl (C=O) groups excluding carboxylic acids is 2. The molecule has 4 rings (SSSR count). The molecule has 0 saturated carbocycles. The maximum Gasteiger partial charge on any atom is 0.238 e. The first-order chi connectivity index (χ1) is 15.0. The van der Waals surface area contributed by atoms with E-state index < -0.39 is 0 Å². The summed E-state index contributed by atoms with van der Waals surface area (Å²) >= 11 is 1.60. The van der Waals surface area contributed by atoms with E-state index in [0.717, 1.165) is 33.6 Å². The van der Waals surface area contributed by atoms with Gasteiger partial charge in [0.15, 0.2) is 0 Å². The monoisotopic (exact) mass is 430 g/mol. The number of rotatable bonds is 6. The lowest BCUT2D eigenvalue weighted by Crippen LogP contribution is -2.29. The van der Waals surface area contributed by atoms with Gasteiger partial charge < -0.3 is 5.32 Å². The fourth-order valence-electron chi connectivity index (χ4n) is 3.84. The van der Waals surface area contributed by atoms with Crippen molar-refractivity contribution in [2.24, 2.45) is 0 Å². The zero-order chi connectivity index (χ0) is 21.8. The van der Waals surface area contributed by atoms with E-state index in [1.807, 2.05) is 73.3 Å². The maximum atomic E-state index is 12.8. The third-order valence-electron chi connectivity index (χ3n) is 5.48. The van der Waals surface area contributed by atoms with Gasteiger partial charge in [0.1, 0.15) is 5.37 Å². The number of amides is 2. The molecule has 3 aromatic carbocycles. The van der Waals surface area contributed by atoms with Crippen LogP contribution in [0.5, 0.6) is 0 Å². The van der Waals surface area contributed by atoms with Crippen molar-refractivity contribution in [3.63, 3.8) is 0 Å². The molecular weight excluding hydrogens is 404 g/mol. The molecule has 5 heteroatoms. The van der Waals surface area contributed by atoms with Crippen LogP contribution in [0.15, 0.2) is 72.8 Å². The van der Waals surface area contributed by atoms with Crippen LogP contribution in [0.1, 0.15) is 34.0 Å². The number of hydrogen-bond donors (Lipinski definition) is 1. The predicted octanol–water partition coefficient (Wildman–Crippen LogP) is 5.65. The average molecular weight is 431 g/mol. The van der Waals surface area contributed by atoms with E-state index in [4.69, 9.17) is 0 Å². The van der Waals surface area contributed by atoms with Gasteiger partial charge in [0.25, 0.3) is 0 Å². The highest BCUT2D eigenvalue weighted by molar-refractivity contribution is 8.00. The molecule has 0 aliphatic carbocycles. The van der Waals surface area contributed by atoms with Crippen molar-refractivity contribution in [2.75, 3.05) is 16.0 Å². The van der Waals surface area contributed by atoms with Gasteiger partial charge in [-0.25, -0.2) is 0 Å². The molecule has 1 aliphatic rings. The van der Waals surface area contributed by atoms with Gasteiger partial charge in [0, 0.05) is 23.4 Å². The third-order valence-corrected chi connectivity index (χ3v) is 6.67. The van der Waals surface area contributed by atoms with Crippen LogP contribution < -0.4 is 10.2 Å². The molecule has 3 aromatic rings. The summed E-state index contributed by atoms with van der Waals surface area (Å²) in [5, 5.41) is 2.91. The highest BCUT2D eigenvalue weighted by atomic mass is 32.2. The van der Waals surface area contributed by atoms with E-state index in [9.17, 15) is 9.59 Å². The van der Waals surface area contributed by atoms with Crippen LogP contribution in [-0.2, 0) is 16.0 Å². The van der Waals surface area contributed by atoms with Crippen LogP contribution in [0.4, 0.5) is 11.4 Å². The summed E-state index contributed by atoms with van der Waals surface area (Å²) in [4.78, 5) is 27.4. The summed E-state index contributed by atoms with van der Waals surface area (Å²) in [6.07, 6.45) is 1.11. The Morgan fingerprint density at radius 2 is 1.77 bits per heavy atom. The van der Waals surface area contributed by atoms with Gasteiger partial charge in [0.05, 0.1) is 5.75 Å². The largest absolute Gasteiger partial charge is 0.326 e. The Morgan fingerprint density at radius 1 is 1.03 bits per heavy atom. The molecule has 0 radical (unpaired) electrons. The van der Waals surface area contributed by atoms with E-state index in [1.54, 1.807) is 11.8 Å². The second kappa shape index (κ2) is 9.40. The summed E-state index contributed by atoms with van der Waals surface area (Å²) in [6.45, 7) is 4.06. The zero-order valence-electron chi connectivity index (χ0n) is 17.8. The molecule has 2 amide bonds. The molecule has 1 atom stereocenters. The van der Waals surface area contributed by atoms with E-state index in [0.29, 0.717) is 18.6 Å². The molecule has 1 unspecified atom stereocenters. The first-order valence-corrected chi connectivity index (χ1v) is 11.5. The van der Waals surface area contributed by atoms with Gasteiger partial charge in [-0.2, -0.15) is 0 Å². The van der Waals surface area contributed by atoms with Crippen LogP contribution in [0.25, 0.3) is 0 Å². The van der Waals surface area contributed by atoms with Crippen molar-refractivity contribution >= 4 is 35.0 Å². The second-order valence-electron chi connectivity index (χ2n) is 7.84. The molecule has 1 fully saturated rings. The molecule has 0 bridgehead atoms. The molecule has 0 aromatic heterocycles. The Morgan fingerprint density at radius 3 is 2.58 bits per heavy atom. The maximum absolute atomic E-state index is 12.8. The Kier molecular flexibility index (Phi) is 6.42. The normalized spacial score (nSPS) is 15.9. The number of nitrogens with zero attached hydrogens (tertiary/aromatic N) is 1. The topological polar surface area (TPSA) is 49.4 Å². The second-order valence-corrected chi connectivity index (χ2v) is 8.91. The molecule has 1 saturated heterocycles. The minimum Gasteiger partial charge on any atom is -0.326 e. The first kappa shape index (κ1) is 21.2. The lowest BCUT2D eigenvalue weighted by atomic mass is 10.1. The number of hydrogen-bond acceptors (Lipinski definition) is 3. The van der Waals surface area contributed by atoms with Crippen molar-refractivity contribution in [1.82, 2.24) is 0 Å². The van der Waals surface area contributed by atoms with Crippen LogP contribution >= 0.6 is 11.8 Å². The number of para-hydroxylation sites is 1. The lowest BCUT2D eigenvalue weighted by Gasteiger charge is -2.27. The molecule has 158 valence electrons. The van der Waals surface area contributed by atoms with Crippen LogP contribution in [-0.4, -0.2) is 17.6 Å². The van der Waals surface area contributed by atoms with Crippen molar-refractivity contribution in [3.8, 4) is 0 Å². The van der Waals surface area contributed by atoms with Crippen molar-refractivity contribution < 1.29 is 9.59 Å². The summed E-state index contributed by atoms with van der Waals surface area (Å²) in [5.74, 6) is 0.492. The molecular formula is C26H26N2O2S. The van der Waals surface area contributed by atoms with Crippen molar-refractivity contribution in [2.45, 2.75) is 32.1 Å². The van der Waals surface area contributed by atoms with E-state index in [-0.39, 0.29) is 17.2 Å². The van der Waals surface area contributed by atoms with E-state index in [1.165, 1.54) is 0 Å².